The van der Waals surface area contributed by atoms with Crippen LogP contribution in [0, 0.1) is 0 Å². The third-order valence-corrected chi connectivity index (χ3v) is 16.3. The molecule has 0 aromatic heterocycles. The Balaban J connectivity index is 2.63. The molecule has 2 rings (SSSR count). The molecule has 0 aliphatic carbocycles. The van der Waals surface area contributed by atoms with Gasteiger partial charge in [-0.1, -0.05) is 0 Å². The van der Waals surface area contributed by atoms with E-state index in [9.17, 15) is 3.44 Å². The van der Waals surface area contributed by atoms with Gasteiger partial charge in [-0.05, 0) is 0 Å². The third kappa shape index (κ3) is 2.34. The van der Waals surface area contributed by atoms with E-state index in [0.717, 1.165) is 7.16 Å². The summed E-state index contributed by atoms with van der Waals surface area (Å²) in [6.07, 6.45) is 0. The normalized spacial score (nSPS) is 12.4. The maximum atomic E-state index is 11.5. The van der Waals surface area contributed by atoms with E-state index in [1.54, 1.807) is 0 Å². The SMILES string of the molecule is C[C](C)(C)[Sn]([OH])([c]1ccccc1)[c]1ccccc1. The van der Waals surface area contributed by atoms with E-state index in [1.165, 1.54) is 0 Å². The van der Waals surface area contributed by atoms with Gasteiger partial charge in [-0.25, -0.2) is 0 Å². The van der Waals surface area contributed by atoms with Gasteiger partial charge in [0.15, 0.2) is 0 Å². The quantitative estimate of drug-likeness (QED) is 0.828. The van der Waals surface area contributed by atoms with Crippen LogP contribution >= 0.6 is 0 Å². The Morgan fingerprint density at radius 2 is 1.06 bits per heavy atom. The summed E-state index contributed by atoms with van der Waals surface area (Å²) in [6.45, 7) is 6.47. The van der Waals surface area contributed by atoms with Gasteiger partial charge < -0.3 is 0 Å². The van der Waals surface area contributed by atoms with Gasteiger partial charge in [-0.2, -0.15) is 0 Å². The molecule has 0 amide bonds. The van der Waals surface area contributed by atoms with Gasteiger partial charge in [-0.15, -0.1) is 0 Å². The van der Waals surface area contributed by atoms with Gasteiger partial charge >= 0.3 is 114 Å². The van der Waals surface area contributed by atoms with Crippen molar-refractivity contribution in [1.29, 1.82) is 0 Å². The first-order chi connectivity index (χ1) is 8.46. The Morgan fingerprint density at radius 1 is 0.722 bits per heavy atom. The number of rotatable bonds is 2. The molecule has 1 nitrogen and oxygen atoms in total. The van der Waals surface area contributed by atoms with Crippen LogP contribution in [-0.2, 0) is 0 Å². The molecule has 0 spiro atoms. The molecule has 0 radical (unpaired) electrons. The fourth-order valence-corrected chi connectivity index (χ4v) is 12.1. The van der Waals surface area contributed by atoms with Crippen molar-refractivity contribution in [2.45, 2.75) is 24.2 Å². The van der Waals surface area contributed by atoms with E-state index in [2.05, 4.69) is 45.0 Å². The molecule has 0 heterocycles. The first-order valence-corrected chi connectivity index (χ1v) is 11.9. The molecule has 1 N–H and O–H groups in total. The monoisotopic (exact) mass is 348 g/mol. The summed E-state index contributed by atoms with van der Waals surface area (Å²) < 4.78 is 13.7. The van der Waals surface area contributed by atoms with Crippen molar-refractivity contribution in [2.75, 3.05) is 0 Å². The van der Waals surface area contributed by atoms with Crippen LogP contribution in [0.5, 0.6) is 0 Å². The molecule has 2 aromatic carbocycles. The van der Waals surface area contributed by atoms with Crippen molar-refractivity contribution >= 4 is 25.9 Å². The van der Waals surface area contributed by atoms with Crippen molar-refractivity contribution in [2.24, 2.45) is 0 Å². The zero-order valence-corrected chi connectivity index (χ0v) is 14.1. The van der Waals surface area contributed by atoms with E-state index >= 15 is 0 Å². The Labute approximate surface area is 114 Å². The zero-order chi connectivity index (χ0) is 13.2. The van der Waals surface area contributed by atoms with E-state index in [0.29, 0.717) is 0 Å². The molecule has 0 saturated heterocycles. The van der Waals surface area contributed by atoms with Crippen molar-refractivity contribution in [3.8, 4) is 0 Å². The van der Waals surface area contributed by atoms with Crippen molar-refractivity contribution in [3.63, 3.8) is 0 Å². The molecule has 94 valence electrons. The van der Waals surface area contributed by atoms with Crippen LogP contribution in [0.4, 0.5) is 0 Å². The van der Waals surface area contributed by atoms with Gasteiger partial charge in [0.2, 0.25) is 0 Å². The summed E-state index contributed by atoms with van der Waals surface area (Å²) in [6, 6.07) is 20.4. The molecule has 0 bridgehead atoms. The first kappa shape index (κ1) is 13.6. The standard InChI is InChI=1S/2C6H5.C4H9.H2O.Sn/c2*1-2-4-6-5-3-1;1-4(2)3;;/h2*1-5H;1-3H3;1H2;/q;;;;+1/p-1. The second kappa shape index (κ2) is 5.06. The van der Waals surface area contributed by atoms with E-state index in [-0.39, 0.29) is 3.43 Å². The van der Waals surface area contributed by atoms with Crippen LogP contribution < -0.4 is 7.16 Å². The molecule has 0 atom stereocenters. The van der Waals surface area contributed by atoms with Crippen LogP contribution in [0.1, 0.15) is 20.8 Å². The fraction of sp³-hybridized carbons (Fsp3) is 0.250. The number of hydrogen-bond donors (Lipinski definition) is 1. The number of benzene rings is 2. The van der Waals surface area contributed by atoms with Crippen LogP contribution in [-0.4, -0.2) is 22.2 Å². The van der Waals surface area contributed by atoms with E-state index in [1.807, 2.05) is 36.4 Å². The zero-order valence-electron chi connectivity index (χ0n) is 11.2. The first-order valence-electron chi connectivity index (χ1n) is 6.29. The van der Waals surface area contributed by atoms with Gasteiger partial charge in [-0.3, -0.25) is 0 Å². The second-order valence-electron chi connectivity index (χ2n) is 5.69. The average Bonchev–Trinajstić information content (AvgIpc) is 2.38. The summed E-state index contributed by atoms with van der Waals surface area (Å²) in [5.41, 5.74) is 0. The molecule has 0 unspecified atom stereocenters. The van der Waals surface area contributed by atoms with E-state index in [4.69, 9.17) is 0 Å². The maximum absolute atomic E-state index is 11.5. The second-order valence-corrected chi connectivity index (χ2v) is 17.3. The van der Waals surface area contributed by atoms with Crippen molar-refractivity contribution in [1.82, 2.24) is 0 Å². The minimum absolute atomic E-state index is 0.0720. The number of hydrogen-bond acceptors (Lipinski definition) is 1. The summed E-state index contributed by atoms with van der Waals surface area (Å²) in [7, 11) is 0. The molecular weight excluding hydrogens is 327 g/mol. The van der Waals surface area contributed by atoms with Gasteiger partial charge in [0.25, 0.3) is 0 Å². The minimum atomic E-state index is -3.59. The molecular formula is C16H20OSn. The third-order valence-electron chi connectivity index (χ3n) is 3.47. The molecule has 2 heteroatoms. The topological polar surface area (TPSA) is 20.2 Å². The fourth-order valence-electron chi connectivity index (χ4n) is 2.39. The van der Waals surface area contributed by atoms with Crippen LogP contribution in [0.15, 0.2) is 60.7 Å². The van der Waals surface area contributed by atoms with Crippen LogP contribution in [0.3, 0.4) is 0 Å². The summed E-state index contributed by atoms with van der Waals surface area (Å²) in [4.78, 5) is 0. The van der Waals surface area contributed by atoms with Gasteiger partial charge in [0.1, 0.15) is 0 Å². The van der Waals surface area contributed by atoms with Gasteiger partial charge in [0.05, 0.1) is 0 Å². The molecule has 0 aliphatic rings. The Kier molecular flexibility index (Phi) is 3.83. The molecule has 0 saturated carbocycles. The van der Waals surface area contributed by atoms with Crippen molar-refractivity contribution < 1.29 is 3.44 Å². The summed E-state index contributed by atoms with van der Waals surface area (Å²) in [5, 5.41) is 0. The average molecular weight is 347 g/mol. The molecule has 0 aliphatic heterocycles. The van der Waals surface area contributed by atoms with Crippen LogP contribution in [0.2, 0.25) is 3.43 Å². The predicted octanol–water partition coefficient (Wildman–Crippen LogP) is 2.54. The summed E-state index contributed by atoms with van der Waals surface area (Å²) in [5.74, 6) is 0. The van der Waals surface area contributed by atoms with Crippen LogP contribution in [0.25, 0.3) is 0 Å². The molecule has 18 heavy (non-hydrogen) atoms. The van der Waals surface area contributed by atoms with Gasteiger partial charge in [0, 0.05) is 0 Å². The van der Waals surface area contributed by atoms with Crippen molar-refractivity contribution in [3.05, 3.63) is 60.7 Å². The molecule has 0 fully saturated rings. The Morgan fingerprint density at radius 3 is 1.33 bits per heavy atom. The summed E-state index contributed by atoms with van der Waals surface area (Å²) >= 11 is -3.59. The van der Waals surface area contributed by atoms with E-state index < -0.39 is 18.8 Å². The molecule has 2 aromatic rings. The Hall–Kier alpha value is -0.801. The predicted molar refractivity (Wildman–Crippen MR) is 79.8 cm³/mol. The Bertz CT molecular complexity index is 460.